The van der Waals surface area contributed by atoms with E-state index in [0.29, 0.717) is 23.1 Å². The van der Waals surface area contributed by atoms with Crippen LogP contribution in [-0.4, -0.2) is 34.4 Å². The smallest absolute Gasteiger partial charge is 0.387 e. The van der Waals surface area contributed by atoms with E-state index in [9.17, 15) is 13.6 Å². The van der Waals surface area contributed by atoms with Crippen LogP contribution in [-0.2, 0) is 6.54 Å². The summed E-state index contributed by atoms with van der Waals surface area (Å²) in [4.78, 5) is 22.2. The Morgan fingerprint density at radius 2 is 2.25 bits per heavy atom. The van der Waals surface area contributed by atoms with E-state index in [4.69, 9.17) is 0 Å². The van der Waals surface area contributed by atoms with Gasteiger partial charge in [0, 0.05) is 29.0 Å². The first-order valence-corrected chi connectivity index (χ1v) is 7.99. The van der Waals surface area contributed by atoms with Gasteiger partial charge in [0.15, 0.2) is 0 Å². The van der Waals surface area contributed by atoms with Gasteiger partial charge in [0.1, 0.15) is 11.4 Å². The second-order valence-corrected chi connectivity index (χ2v) is 6.61. The number of halogens is 2. The summed E-state index contributed by atoms with van der Waals surface area (Å²) in [7, 11) is 1.68. The Morgan fingerprint density at radius 1 is 1.46 bits per heavy atom. The van der Waals surface area contributed by atoms with E-state index >= 15 is 0 Å². The van der Waals surface area contributed by atoms with Crippen molar-refractivity contribution in [1.29, 1.82) is 0 Å². The first-order valence-electron chi connectivity index (χ1n) is 7.17. The number of nitrogens with zero attached hydrogens (tertiary/aromatic N) is 2. The summed E-state index contributed by atoms with van der Waals surface area (Å²) in [6.07, 6.45) is 1.74. The summed E-state index contributed by atoms with van der Waals surface area (Å²) in [5, 5.41) is 1.38. The summed E-state index contributed by atoms with van der Waals surface area (Å²) >= 11 is 1.52. The number of H-pyrrole nitrogens is 1. The molecule has 1 amide bonds. The Hall–Kier alpha value is -2.48. The van der Waals surface area contributed by atoms with E-state index in [1.54, 1.807) is 30.3 Å². The Balaban J connectivity index is 1.84. The number of ether oxygens (including phenoxy) is 1. The third-order valence-corrected chi connectivity index (χ3v) is 4.38. The second-order valence-electron chi connectivity index (χ2n) is 5.29. The zero-order valence-electron chi connectivity index (χ0n) is 13.0. The Kier molecular flexibility index (Phi) is 4.48. The van der Waals surface area contributed by atoms with Gasteiger partial charge < -0.3 is 14.6 Å². The number of rotatable bonds is 5. The van der Waals surface area contributed by atoms with E-state index < -0.39 is 6.61 Å². The first-order chi connectivity index (χ1) is 11.4. The maximum atomic E-state index is 12.5. The van der Waals surface area contributed by atoms with Gasteiger partial charge >= 0.3 is 6.61 Å². The van der Waals surface area contributed by atoms with E-state index in [2.05, 4.69) is 14.7 Å². The van der Waals surface area contributed by atoms with Crippen LogP contribution in [0.2, 0.25) is 0 Å². The number of aromatic nitrogens is 2. The molecular weight excluding hydrogens is 336 g/mol. The minimum absolute atomic E-state index is 0.0403. The lowest BCUT2D eigenvalue weighted by molar-refractivity contribution is -0.0487. The molecule has 2 aromatic heterocycles. The number of alkyl halides is 2. The van der Waals surface area contributed by atoms with Crippen LogP contribution in [0.15, 0.2) is 30.5 Å². The van der Waals surface area contributed by atoms with Gasteiger partial charge in [-0.05, 0) is 25.1 Å². The quantitative estimate of drug-likeness (QED) is 0.760. The molecule has 3 aromatic rings. The van der Waals surface area contributed by atoms with Gasteiger partial charge in [0.2, 0.25) is 0 Å². The van der Waals surface area contributed by atoms with Crippen molar-refractivity contribution in [3.05, 3.63) is 46.0 Å². The van der Waals surface area contributed by atoms with Crippen molar-refractivity contribution in [2.75, 3.05) is 7.05 Å². The molecule has 0 unspecified atom stereocenters. The second kappa shape index (κ2) is 6.56. The van der Waals surface area contributed by atoms with Crippen molar-refractivity contribution in [1.82, 2.24) is 14.9 Å². The lowest BCUT2D eigenvalue weighted by Crippen LogP contribution is -2.26. The molecule has 0 saturated heterocycles. The van der Waals surface area contributed by atoms with E-state index in [1.165, 1.54) is 23.5 Å². The van der Waals surface area contributed by atoms with Gasteiger partial charge in [-0.25, -0.2) is 4.98 Å². The highest BCUT2D eigenvalue weighted by atomic mass is 32.1. The number of thiazole rings is 1. The Labute approximate surface area is 140 Å². The molecule has 0 atom stereocenters. The van der Waals surface area contributed by atoms with E-state index in [0.717, 1.165) is 9.88 Å². The third-order valence-electron chi connectivity index (χ3n) is 3.48. The van der Waals surface area contributed by atoms with E-state index in [-0.39, 0.29) is 11.7 Å². The molecule has 0 saturated carbocycles. The number of fused-ring (bicyclic) bond motifs is 1. The van der Waals surface area contributed by atoms with Gasteiger partial charge in [-0.15, -0.1) is 11.3 Å². The highest BCUT2D eigenvalue weighted by Crippen LogP contribution is 2.28. The fourth-order valence-electron chi connectivity index (χ4n) is 2.43. The highest BCUT2D eigenvalue weighted by molar-refractivity contribution is 7.11. The molecule has 0 aliphatic rings. The average Bonchev–Trinajstić information content (AvgIpc) is 3.12. The van der Waals surface area contributed by atoms with Gasteiger partial charge in [-0.3, -0.25) is 4.79 Å². The number of hydrogen-bond donors (Lipinski definition) is 1. The predicted octanol–water partition coefficient (Wildman–Crippen LogP) is 3.81. The van der Waals surface area contributed by atoms with Gasteiger partial charge in [-0.1, -0.05) is 6.07 Å². The van der Waals surface area contributed by atoms with Crippen LogP contribution in [0.1, 0.15) is 20.4 Å². The Bertz CT molecular complexity index is 875. The molecule has 3 rings (SSSR count). The standard InChI is InChI=1S/C16H15F2N3O2S/c1-9-19-7-10(24-9)8-21(2)15(22)13-6-11-12(20-13)4-3-5-14(11)23-16(17)18/h3-7,16,20H,8H2,1-2H3. The van der Waals surface area contributed by atoms with Crippen molar-refractivity contribution in [2.45, 2.75) is 20.1 Å². The van der Waals surface area contributed by atoms with E-state index in [1.807, 2.05) is 6.92 Å². The van der Waals surface area contributed by atoms with Crippen molar-refractivity contribution < 1.29 is 18.3 Å². The summed E-state index contributed by atoms with van der Waals surface area (Å²) in [5.74, 6) is -0.196. The summed E-state index contributed by atoms with van der Waals surface area (Å²) in [6, 6.07) is 6.27. The molecular formula is C16H15F2N3O2S. The monoisotopic (exact) mass is 351 g/mol. The number of aryl methyl sites for hydroxylation is 1. The zero-order valence-corrected chi connectivity index (χ0v) is 13.9. The first kappa shape index (κ1) is 16.4. The molecule has 2 heterocycles. The minimum Gasteiger partial charge on any atom is -0.434 e. The SMILES string of the molecule is Cc1ncc(CN(C)C(=O)c2cc3c(OC(F)F)cccc3[nH]2)s1. The zero-order chi connectivity index (χ0) is 17.3. The largest absolute Gasteiger partial charge is 0.434 e. The van der Waals surface area contributed by atoms with Crippen molar-refractivity contribution in [3.63, 3.8) is 0 Å². The molecule has 0 radical (unpaired) electrons. The van der Waals surface area contributed by atoms with Gasteiger partial charge in [0.05, 0.1) is 11.6 Å². The topological polar surface area (TPSA) is 58.2 Å². The normalized spacial score (nSPS) is 11.2. The highest BCUT2D eigenvalue weighted by Gasteiger charge is 2.18. The number of carbonyl (C=O) groups is 1. The molecule has 5 nitrogen and oxygen atoms in total. The molecule has 126 valence electrons. The fourth-order valence-corrected chi connectivity index (χ4v) is 3.28. The molecule has 0 aliphatic carbocycles. The summed E-state index contributed by atoms with van der Waals surface area (Å²) in [6.45, 7) is -0.583. The minimum atomic E-state index is -2.91. The molecule has 0 aliphatic heterocycles. The number of benzene rings is 1. The maximum absolute atomic E-state index is 12.5. The Morgan fingerprint density at radius 3 is 2.92 bits per heavy atom. The summed E-state index contributed by atoms with van der Waals surface area (Å²) in [5.41, 5.74) is 0.887. The molecule has 8 heteroatoms. The lowest BCUT2D eigenvalue weighted by atomic mass is 10.2. The fraction of sp³-hybridized carbons (Fsp3) is 0.250. The maximum Gasteiger partial charge on any atom is 0.387 e. The van der Waals surface area contributed by atoms with Crippen LogP contribution in [0.5, 0.6) is 5.75 Å². The predicted molar refractivity (Wildman–Crippen MR) is 87.6 cm³/mol. The third kappa shape index (κ3) is 3.38. The number of aromatic amines is 1. The van der Waals surface area contributed by atoms with Crippen LogP contribution in [0.3, 0.4) is 0 Å². The number of hydrogen-bond acceptors (Lipinski definition) is 4. The van der Waals surface area contributed by atoms with Crippen LogP contribution in [0.4, 0.5) is 8.78 Å². The molecule has 1 aromatic carbocycles. The van der Waals surface area contributed by atoms with Crippen molar-refractivity contribution in [3.8, 4) is 5.75 Å². The lowest BCUT2D eigenvalue weighted by Gasteiger charge is -2.14. The van der Waals surface area contributed by atoms with Gasteiger partial charge in [-0.2, -0.15) is 8.78 Å². The number of amides is 1. The van der Waals surface area contributed by atoms with Crippen LogP contribution < -0.4 is 4.74 Å². The molecule has 0 fully saturated rings. The van der Waals surface area contributed by atoms with Crippen molar-refractivity contribution in [2.24, 2.45) is 0 Å². The summed E-state index contributed by atoms with van der Waals surface area (Å²) < 4.78 is 29.4. The van der Waals surface area contributed by atoms with Crippen molar-refractivity contribution >= 4 is 28.1 Å². The molecule has 1 N–H and O–H groups in total. The number of carbonyl (C=O) groups excluding carboxylic acids is 1. The van der Waals surface area contributed by atoms with Crippen LogP contribution >= 0.6 is 11.3 Å². The molecule has 0 spiro atoms. The average molecular weight is 351 g/mol. The van der Waals surface area contributed by atoms with Crippen LogP contribution in [0.25, 0.3) is 10.9 Å². The van der Waals surface area contributed by atoms with Gasteiger partial charge in [0.25, 0.3) is 5.91 Å². The number of nitrogens with one attached hydrogen (secondary N) is 1. The molecule has 0 bridgehead atoms. The van der Waals surface area contributed by atoms with Crippen LogP contribution in [0, 0.1) is 6.92 Å². The molecule has 24 heavy (non-hydrogen) atoms.